The molecule has 0 atom stereocenters. The molecule has 0 fully saturated rings. The molecule has 0 radical (unpaired) electrons. The van der Waals surface area contributed by atoms with Crippen LogP contribution in [-0.2, 0) is 0 Å². The van der Waals surface area contributed by atoms with Crippen LogP contribution in [0.4, 0.5) is 0 Å². The van der Waals surface area contributed by atoms with Gasteiger partial charge in [0, 0.05) is 5.54 Å². The van der Waals surface area contributed by atoms with Gasteiger partial charge in [-0.05, 0) is 50.4 Å². The molecule has 0 aromatic rings. The van der Waals surface area contributed by atoms with Crippen molar-refractivity contribution in [3.63, 3.8) is 0 Å². The lowest BCUT2D eigenvalue weighted by Crippen LogP contribution is -2.39. The van der Waals surface area contributed by atoms with Crippen LogP contribution in [0.5, 0.6) is 0 Å². The molecule has 0 unspecified atom stereocenters. The Kier molecular flexibility index (Phi) is 6.21. The first-order valence-electron chi connectivity index (χ1n) is 7.32. The summed E-state index contributed by atoms with van der Waals surface area (Å²) >= 11 is 0. The Balaban J connectivity index is 4.62. The zero-order valence-electron chi connectivity index (χ0n) is 13.3. The summed E-state index contributed by atoms with van der Waals surface area (Å²) in [5.41, 5.74) is 6.98. The highest BCUT2D eigenvalue weighted by molar-refractivity contribution is 4.87. The van der Waals surface area contributed by atoms with Crippen LogP contribution in [0.1, 0.15) is 87.0 Å². The predicted molar refractivity (Wildman–Crippen MR) is 79.2 cm³/mol. The van der Waals surface area contributed by atoms with Gasteiger partial charge in [-0.15, -0.1) is 0 Å². The summed E-state index contributed by atoms with van der Waals surface area (Å²) < 4.78 is 0. The van der Waals surface area contributed by atoms with E-state index >= 15 is 0 Å². The average molecular weight is 241 g/mol. The minimum absolute atomic E-state index is 0.0527. The van der Waals surface area contributed by atoms with Crippen molar-refractivity contribution in [1.29, 1.82) is 0 Å². The third-order valence-corrected chi connectivity index (χ3v) is 3.55. The zero-order valence-corrected chi connectivity index (χ0v) is 13.3. The molecular formula is C16H35N. The summed E-state index contributed by atoms with van der Waals surface area (Å²) in [7, 11) is 0. The maximum Gasteiger partial charge on any atom is 0.0102 e. The molecule has 0 aliphatic heterocycles. The lowest BCUT2D eigenvalue weighted by Gasteiger charge is -2.40. The maximum atomic E-state index is 6.19. The first kappa shape index (κ1) is 17.0. The largest absolute Gasteiger partial charge is 0.326 e. The number of nitrogens with two attached hydrogens (primary N) is 1. The van der Waals surface area contributed by atoms with E-state index in [2.05, 4.69) is 48.5 Å². The minimum atomic E-state index is -0.0527. The molecule has 1 heteroatoms. The van der Waals surface area contributed by atoms with Crippen molar-refractivity contribution in [2.75, 3.05) is 0 Å². The van der Waals surface area contributed by atoms with E-state index in [4.69, 9.17) is 5.73 Å². The molecule has 0 amide bonds. The molecule has 1 nitrogen and oxygen atoms in total. The van der Waals surface area contributed by atoms with Crippen molar-refractivity contribution in [1.82, 2.24) is 0 Å². The monoisotopic (exact) mass is 241 g/mol. The fourth-order valence-corrected chi connectivity index (χ4v) is 3.96. The van der Waals surface area contributed by atoms with E-state index in [1.807, 2.05) is 0 Å². The van der Waals surface area contributed by atoms with Gasteiger partial charge in [-0.1, -0.05) is 47.5 Å². The topological polar surface area (TPSA) is 26.0 Å². The van der Waals surface area contributed by atoms with Gasteiger partial charge in [0.2, 0.25) is 0 Å². The standard InChI is InChI=1S/C16H35N/c1-8-10-16(7,11-9-2)13-14(3,4)12-15(5,6)17/h8-13,17H2,1-7H3. The molecule has 0 aliphatic carbocycles. The summed E-state index contributed by atoms with van der Waals surface area (Å²) in [5, 5.41) is 0. The van der Waals surface area contributed by atoms with E-state index in [0.717, 1.165) is 6.42 Å². The van der Waals surface area contributed by atoms with Crippen LogP contribution in [0.3, 0.4) is 0 Å². The number of hydrogen-bond acceptors (Lipinski definition) is 1. The molecule has 0 aliphatic rings. The van der Waals surface area contributed by atoms with Crippen LogP contribution in [0, 0.1) is 10.8 Å². The Labute approximate surface area is 110 Å². The van der Waals surface area contributed by atoms with Gasteiger partial charge in [-0.2, -0.15) is 0 Å². The predicted octanol–water partition coefficient (Wildman–Crippen LogP) is 5.14. The zero-order chi connectivity index (χ0) is 13.7. The van der Waals surface area contributed by atoms with Gasteiger partial charge in [0.25, 0.3) is 0 Å². The van der Waals surface area contributed by atoms with Crippen molar-refractivity contribution < 1.29 is 0 Å². The Morgan fingerprint density at radius 3 is 1.47 bits per heavy atom. The number of hydrogen-bond donors (Lipinski definition) is 1. The van der Waals surface area contributed by atoms with Crippen molar-refractivity contribution in [2.45, 2.75) is 92.5 Å². The summed E-state index contributed by atoms with van der Waals surface area (Å²) in [6, 6.07) is 0. The van der Waals surface area contributed by atoms with Crippen molar-refractivity contribution >= 4 is 0 Å². The molecule has 0 heterocycles. The van der Waals surface area contributed by atoms with Crippen molar-refractivity contribution in [3.8, 4) is 0 Å². The first-order chi connectivity index (χ1) is 7.54. The van der Waals surface area contributed by atoms with E-state index in [1.165, 1.54) is 32.1 Å². The van der Waals surface area contributed by atoms with Gasteiger partial charge in [0.15, 0.2) is 0 Å². The molecule has 0 saturated carbocycles. The molecule has 17 heavy (non-hydrogen) atoms. The summed E-state index contributed by atoms with van der Waals surface area (Å²) in [6.07, 6.45) is 7.66. The second-order valence-corrected chi connectivity index (χ2v) is 7.82. The molecule has 0 saturated heterocycles. The molecule has 0 rings (SSSR count). The quantitative estimate of drug-likeness (QED) is 0.626. The maximum absolute atomic E-state index is 6.19. The first-order valence-corrected chi connectivity index (χ1v) is 7.32. The Morgan fingerprint density at radius 2 is 1.18 bits per heavy atom. The number of rotatable bonds is 8. The van der Waals surface area contributed by atoms with E-state index in [0.29, 0.717) is 10.8 Å². The van der Waals surface area contributed by atoms with Crippen molar-refractivity contribution in [2.24, 2.45) is 16.6 Å². The van der Waals surface area contributed by atoms with Crippen LogP contribution in [0.25, 0.3) is 0 Å². The Morgan fingerprint density at radius 1 is 0.765 bits per heavy atom. The highest BCUT2D eigenvalue weighted by Gasteiger charge is 2.33. The minimum Gasteiger partial charge on any atom is -0.326 e. The third kappa shape index (κ3) is 7.81. The molecule has 2 N–H and O–H groups in total. The van der Waals surface area contributed by atoms with Crippen molar-refractivity contribution in [3.05, 3.63) is 0 Å². The van der Waals surface area contributed by atoms with E-state index < -0.39 is 0 Å². The fraction of sp³-hybridized carbons (Fsp3) is 1.00. The highest BCUT2D eigenvalue weighted by Crippen LogP contribution is 2.43. The molecule has 104 valence electrons. The summed E-state index contributed by atoms with van der Waals surface area (Å²) in [6.45, 7) is 16.1. The molecular weight excluding hydrogens is 206 g/mol. The van der Waals surface area contributed by atoms with Gasteiger partial charge in [-0.25, -0.2) is 0 Å². The van der Waals surface area contributed by atoms with Crippen LogP contribution in [0.15, 0.2) is 0 Å². The SMILES string of the molecule is CCCC(C)(CCC)CC(C)(C)CC(C)(C)N. The lowest BCUT2D eigenvalue weighted by atomic mass is 9.66. The van der Waals surface area contributed by atoms with Gasteiger partial charge in [0.05, 0.1) is 0 Å². The summed E-state index contributed by atoms with van der Waals surface area (Å²) in [5.74, 6) is 0. The van der Waals surface area contributed by atoms with Crippen LogP contribution in [0.2, 0.25) is 0 Å². The summed E-state index contributed by atoms with van der Waals surface area (Å²) in [4.78, 5) is 0. The van der Waals surface area contributed by atoms with E-state index in [9.17, 15) is 0 Å². The van der Waals surface area contributed by atoms with Crippen LogP contribution in [-0.4, -0.2) is 5.54 Å². The van der Waals surface area contributed by atoms with E-state index in [-0.39, 0.29) is 5.54 Å². The normalized spacial score (nSPS) is 14.1. The molecule has 0 aromatic carbocycles. The highest BCUT2D eigenvalue weighted by atomic mass is 14.7. The Hall–Kier alpha value is -0.0400. The fourth-order valence-electron chi connectivity index (χ4n) is 3.96. The van der Waals surface area contributed by atoms with Crippen LogP contribution >= 0.6 is 0 Å². The molecule has 0 spiro atoms. The van der Waals surface area contributed by atoms with E-state index in [1.54, 1.807) is 0 Å². The van der Waals surface area contributed by atoms with Gasteiger partial charge < -0.3 is 5.73 Å². The second-order valence-electron chi connectivity index (χ2n) is 7.82. The molecule has 0 aromatic heterocycles. The Bertz CT molecular complexity index is 204. The third-order valence-electron chi connectivity index (χ3n) is 3.55. The smallest absolute Gasteiger partial charge is 0.0102 e. The van der Waals surface area contributed by atoms with Gasteiger partial charge in [0.1, 0.15) is 0 Å². The van der Waals surface area contributed by atoms with Gasteiger partial charge >= 0.3 is 0 Å². The van der Waals surface area contributed by atoms with Gasteiger partial charge in [-0.3, -0.25) is 0 Å². The lowest BCUT2D eigenvalue weighted by molar-refractivity contribution is 0.122. The molecule has 0 bridgehead atoms. The second kappa shape index (κ2) is 6.22. The average Bonchev–Trinajstić information content (AvgIpc) is 1.96. The van der Waals surface area contributed by atoms with Crippen LogP contribution < -0.4 is 5.73 Å².